The van der Waals surface area contributed by atoms with E-state index in [0.29, 0.717) is 18.4 Å². The van der Waals surface area contributed by atoms with Gasteiger partial charge in [-0.1, -0.05) is 31.9 Å². The van der Waals surface area contributed by atoms with Crippen LogP contribution in [0.4, 0.5) is 0 Å². The molecule has 2 aliphatic rings. The van der Waals surface area contributed by atoms with E-state index >= 15 is 0 Å². The van der Waals surface area contributed by atoms with Crippen LogP contribution in [0.5, 0.6) is 0 Å². The zero-order chi connectivity index (χ0) is 15.8. The number of fused-ring (bicyclic) bond motifs is 1. The summed E-state index contributed by atoms with van der Waals surface area (Å²) >= 11 is 0. The van der Waals surface area contributed by atoms with Crippen LogP contribution in [-0.4, -0.2) is 32.9 Å². The number of likely N-dealkylation sites (tertiary alicyclic amines) is 1. The molecule has 2 fully saturated rings. The van der Waals surface area contributed by atoms with Crippen LogP contribution < -0.4 is 0 Å². The molecular formula is C19H25N3O. The van der Waals surface area contributed by atoms with E-state index in [9.17, 15) is 4.79 Å². The van der Waals surface area contributed by atoms with Gasteiger partial charge in [0.1, 0.15) is 5.82 Å². The highest BCUT2D eigenvalue weighted by molar-refractivity contribution is 5.81. The molecule has 23 heavy (non-hydrogen) atoms. The minimum Gasteiger partial charge on any atom is -0.339 e. The molecule has 0 spiro atoms. The van der Waals surface area contributed by atoms with Crippen molar-refractivity contribution in [2.75, 3.05) is 6.54 Å². The topological polar surface area (TPSA) is 38.1 Å². The predicted molar refractivity (Wildman–Crippen MR) is 91.4 cm³/mol. The summed E-state index contributed by atoms with van der Waals surface area (Å²) in [5.41, 5.74) is 2.26. The van der Waals surface area contributed by atoms with Gasteiger partial charge in [-0.25, -0.2) is 4.98 Å². The van der Waals surface area contributed by atoms with E-state index in [4.69, 9.17) is 4.98 Å². The van der Waals surface area contributed by atoms with Gasteiger partial charge in [0.2, 0.25) is 5.91 Å². The second-order valence-corrected chi connectivity index (χ2v) is 7.00. The first kappa shape index (κ1) is 14.7. The Labute approximate surface area is 137 Å². The number of carbonyl (C=O) groups is 1. The third kappa shape index (κ3) is 2.54. The van der Waals surface area contributed by atoms with Gasteiger partial charge in [-0.05, 0) is 31.4 Å². The Morgan fingerprint density at radius 2 is 2.00 bits per heavy atom. The van der Waals surface area contributed by atoms with Crippen LogP contribution in [0.2, 0.25) is 0 Å². The summed E-state index contributed by atoms with van der Waals surface area (Å²) in [5, 5.41) is 0. The highest BCUT2D eigenvalue weighted by atomic mass is 16.2. The van der Waals surface area contributed by atoms with Crippen LogP contribution in [0.15, 0.2) is 24.3 Å². The van der Waals surface area contributed by atoms with Gasteiger partial charge in [0.05, 0.1) is 11.0 Å². The molecule has 4 rings (SSSR count). The summed E-state index contributed by atoms with van der Waals surface area (Å²) in [7, 11) is 0. The lowest BCUT2D eigenvalue weighted by molar-refractivity contribution is -0.129. The molecule has 1 aliphatic heterocycles. The maximum Gasteiger partial charge on any atom is 0.223 e. The van der Waals surface area contributed by atoms with Crippen molar-refractivity contribution >= 4 is 16.9 Å². The van der Waals surface area contributed by atoms with E-state index in [1.54, 1.807) is 0 Å². The van der Waals surface area contributed by atoms with E-state index in [1.165, 1.54) is 31.2 Å². The quantitative estimate of drug-likeness (QED) is 0.863. The van der Waals surface area contributed by atoms with Crippen LogP contribution in [0.1, 0.15) is 57.2 Å². The predicted octanol–water partition coefficient (Wildman–Crippen LogP) is 3.70. The lowest BCUT2D eigenvalue weighted by Crippen LogP contribution is -2.34. The van der Waals surface area contributed by atoms with Crippen molar-refractivity contribution in [2.24, 2.45) is 0 Å². The largest absolute Gasteiger partial charge is 0.339 e. The molecule has 1 aromatic carbocycles. The van der Waals surface area contributed by atoms with Crippen molar-refractivity contribution in [3.05, 3.63) is 30.1 Å². The van der Waals surface area contributed by atoms with Crippen LogP contribution in [0.25, 0.3) is 11.0 Å². The molecule has 122 valence electrons. The Hall–Kier alpha value is -1.84. The maximum absolute atomic E-state index is 12.5. The van der Waals surface area contributed by atoms with Gasteiger partial charge in [-0.3, -0.25) is 4.79 Å². The molecule has 1 saturated heterocycles. The van der Waals surface area contributed by atoms with Gasteiger partial charge in [0, 0.05) is 31.5 Å². The Morgan fingerprint density at radius 3 is 2.78 bits per heavy atom. The molecule has 1 unspecified atom stereocenters. The molecule has 2 aromatic rings. The number of rotatable bonds is 4. The third-order valence-corrected chi connectivity index (χ3v) is 5.42. The van der Waals surface area contributed by atoms with Crippen LogP contribution >= 0.6 is 0 Å². The number of imidazole rings is 1. The van der Waals surface area contributed by atoms with Gasteiger partial charge in [-0.2, -0.15) is 0 Å². The Bertz CT molecular complexity index is 714. The molecule has 0 N–H and O–H groups in total. The number of para-hydroxylation sites is 2. The summed E-state index contributed by atoms with van der Waals surface area (Å²) in [5.74, 6) is 1.70. The minimum absolute atomic E-state index is 0.252. The molecule has 2 heterocycles. The van der Waals surface area contributed by atoms with Crippen LogP contribution in [0.3, 0.4) is 0 Å². The number of hydrogen-bond donors (Lipinski definition) is 0. The summed E-state index contributed by atoms with van der Waals surface area (Å²) in [6.45, 7) is 4.03. The fraction of sp³-hybridized carbons (Fsp3) is 0.579. The Morgan fingerprint density at radius 1 is 1.22 bits per heavy atom. The molecule has 1 atom stereocenters. The van der Waals surface area contributed by atoms with Gasteiger partial charge in [-0.15, -0.1) is 0 Å². The second kappa shape index (κ2) is 5.99. The maximum atomic E-state index is 12.5. The van der Waals surface area contributed by atoms with E-state index < -0.39 is 0 Å². The van der Waals surface area contributed by atoms with Crippen LogP contribution in [0, 0.1) is 0 Å². The standard InChI is InChI=1S/C19H25N3O/c1-2-11-21-17-10-6-5-9-16(17)20-19(21)14-12-18(23)22(13-14)15-7-3-4-8-15/h5-6,9-10,14-15H,2-4,7-8,11-13H2,1H3. The molecular weight excluding hydrogens is 286 g/mol. The molecule has 0 radical (unpaired) electrons. The number of aromatic nitrogens is 2. The molecule has 1 saturated carbocycles. The first-order chi connectivity index (χ1) is 11.3. The molecule has 1 aromatic heterocycles. The first-order valence-electron chi connectivity index (χ1n) is 9.02. The zero-order valence-corrected chi connectivity index (χ0v) is 13.9. The monoisotopic (exact) mass is 311 g/mol. The number of nitrogens with zero attached hydrogens (tertiary/aromatic N) is 3. The second-order valence-electron chi connectivity index (χ2n) is 7.00. The fourth-order valence-corrected chi connectivity index (χ4v) is 4.34. The van der Waals surface area contributed by atoms with Gasteiger partial charge < -0.3 is 9.47 Å². The molecule has 4 heteroatoms. The van der Waals surface area contributed by atoms with Crippen molar-refractivity contribution in [3.8, 4) is 0 Å². The van der Waals surface area contributed by atoms with E-state index in [1.807, 2.05) is 6.07 Å². The van der Waals surface area contributed by atoms with Crippen molar-refractivity contribution < 1.29 is 4.79 Å². The van der Waals surface area contributed by atoms with E-state index in [2.05, 4.69) is 34.6 Å². The number of amides is 1. The summed E-state index contributed by atoms with van der Waals surface area (Å²) in [6.07, 6.45) is 6.62. The van der Waals surface area contributed by atoms with Gasteiger partial charge in [0.15, 0.2) is 0 Å². The van der Waals surface area contributed by atoms with Gasteiger partial charge >= 0.3 is 0 Å². The smallest absolute Gasteiger partial charge is 0.223 e. The number of benzene rings is 1. The van der Waals surface area contributed by atoms with Gasteiger partial charge in [0.25, 0.3) is 0 Å². The highest BCUT2D eigenvalue weighted by Crippen LogP contribution is 2.35. The lowest BCUT2D eigenvalue weighted by atomic mass is 10.1. The first-order valence-corrected chi connectivity index (χ1v) is 9.02. The average molecular weight is 311 g/mol. The molecule has 1 amide bonds. The van der Waals surface area contributed by atoms with E-state index in [0.717, 1.165) is 30.9 Å². The van der Waals surface area contributed by atoms with Crippen LogP contribution in [-0.2, 0) is 11.3 Å². The molecule has 1 aliphatic carbocycles. The summed E-state index contributed by atoms with van der Waals surface area (Å²) in [6, 6.07) is 8.82. The minimum atomic E-state index is 0.252. The number of carbonyl (C=O) groups excluding carboxylic acids is 1. The normalized spacial score (nSPS) is 22.6. The van der Waals surface area contributed by atoms with Crippen molar-refractivity contribution in [1.82, 2.24) is 14.5 Å². The zero-order valence-electron chi connectivity index (χ0n) is 13.9. The molecule has 0 bridgehead atoms. The molecule has 4 nitrogen and oxygen atoms in total. The summed E-state index contributed by atoms with van der Waals surface area (Å²) < 4.78 is 2.34. The van der Waals surface area contributed by atoms with Crippen molar-refractivity contribution in [3.63, 3.8) is 0 Å². The Balaban J connectivity index is 1.66. The number of aryl methyl sites for hydroxylation is 1. The van der Waals surface area contributed by atoms with Crippen molar-refractivity contribution in [1.29, 1.82) is 0 Å². The lowest BCUT2D eigenvalue weighted by Gasteiger charge is -2.24. The highest BCUT2D eigenvalue weighted by Gasteiger charge is 2.38. The average Bonchev–Trinajstić information content (AvgIpc) is 3.26. The third-order valence-electron chi connectivity index (χ3n) is 5.42. The summed E-state index contributed by atoms with van der Waals surface area (Å²) in [4.78, 5) is 19.6. The fourth-order valence-electron chi connectivity index (χ4n) is 4.34. The van der Waals surface area contributed by atoms with E-state index in [-0.39, 0.29) is 5.92 Å². The SMILES string of the molecule is CCCn1c(C2CC(=O)N(C3CCCC3)C2)nc2ccccc21. The van der Waals surface area contributed by atoms with Crippen molar-refractivity contribution in [2.45, 2.75) is 64.0 Å². The number of hydrogen-bond acceptors (Lipinski definition) is 2. The Kier molecular flexibility index (Phi) is 3.83.